The number of thiophene rings is 1. The molecule has 0 saturated carbocycles. The number of hydrogen-bond acceptors (Lipinski definition) is 4. The van der Waals surface area contributed by atoms with Crippen molar-refractivity contribution in [3.63, 3.8) is 0 Å². The van der Waals surface area contributed by atoms with Gasteiger partial charge in [0.25, 0.3) is 5.56 Å². The Bertz CT molecular complexity index is 787. The zero-order valence-electron chi connectivity index (χ0n) is 10.00. The van der Waals surface area contributed by atoms with E-state index in [9.17, 15) is 18.8 Å². The summed E-state index contributed by atoms with van der Waals surface area (Å²) in [5.74, 6) is -2.09. The Morgan fingerprint density at radius 3 is 2.90 bits per heavy atom. The first-order chi connectivity index (χ1) is 9.45. The molecule has 0 saturated heterocycles. The predicted octanol–water partition coefficient (Wildman–Crippen LogP) is 0.883. The Kier molecular flexibility index (Phi) is 3.94. The molecule has 0 aromatic carbocycles. The maximum atomic E-state index is 13.1. The van der Waals surface area contributed by atoms with Gasteiger partial charge in [-0.05, 0) is 18.2 Å². The summed E-state index contributed by atoms with van der Waals surface area (Å²) in [4.78, 5) is 36.0. The highest BCUT2D eigenvalue weighted by atomic mass is 32.1. The second-order valence-electron chi connectivity index (χ2n) is 3.84. The smallest absolute Gasteiger partial charge is 0.328 e. The summed E-state index contributed by atoms with van der Waals surface area (Å²) in [6, 6.07) is 3.38. The molecule has 0 fully saturated rings. The van der Waals surface area contributed by atoms with Crippen LogP contribution in [0.5, 0.6) is 0 Å². The number of aliphatic carboxylic acids is 1. The molecule has 0 unspecified atom stereocenters. The lowest BCUT2D eigenvalue weighted by Gasteiger charge is -2.02. The molecule has 8 heteroatoms. The van der Waals surface area contributed by atoms with Crippen molar-refractivity contribution in [2.75, 3.05) is 0 Å². The van der Waals surface area contributed by atoms with Crippen molar-refractivity contribution in [2.24, 2.45) is 0 Å². The van der Waals surface area contributed by atoms with Gasteiger partial charge in [0.15, 0.2) is 0 Å². The van der Waals surface area contributed by atoms with Crippen LogP contribution in [0.1, 0.15) is 9.75 Å². The molecule has 0 atom stereocenters. The third-order valence-corrected chi connectivity index (χ3v) is 3.40. The van der Waals surface area contributed by atoms with E-state index in [0.717, 1.165) is 21.7 Å². The van der Waals surface area contributed by atoms with E-state index in [1.165, 1.54) is 17.4 Å². The molecule has 2 N–H and O–H groups in total. The monoisotopic (exact) mass is 296 g/mol. The summed E-state index contributed by atoms with van der Waals surface area (Å²) in [5.41, 5.74) is -1.75. The molecule has 6 nitrogen and oxygen atoms in total. The van der Waals surface area contributed by atoms with Crippen molar-refractivity contribution >= 4 is 23.4 Å². The van der Waals surface area contributed by atoms with Gasteiger partial charge in [-0.15, -0.1) is 11.3 Å². The van der Waals surface area contributed by atoms with Crippen LogP contribution in [0.4, 0.5) is 4.39 Å². The summed E-state index contributed by atoms with van der Waals surface area (Å²) in [7, 11) is 0. The number of aromatic nitrogens is 2. The second kappa shape index (κ2) is 5.66. The predicted molar refractivity (Wildman–Crippen MR) is 71.4 cm³/mol. The number of carbonyl (C=O) groups is 1. The van der Waals surface area contributed by atoms with Gasteiger partial charge in [0.05, 0.1) is 12.7 Å². The average molecular weight is 296 g/mol. The number of hydrogen-bond donors (Lipinski definition) is 2. The molecular formula is C12H9FN2O4S. The van der Waals surface area contributed by atoms with Crippen molar-refractivity contribution in [3.8, 4) is 0 Å². The molecule has 0 aliphatic heterocycles. The molecule has 2 heterocycles. The van der Waals surface area contributed by atoms with Gasteiger partial charge in [-0.25, -0.2) is 9.59 Å². The maximum absolute atomic E-state index is 13.1. The topological polar surface area (TPSA) is 92.2 Å². The van der Waals surface area contributed by atoms with Gasteiger partial charge in [0.1, 0.15) is 0 Å². The number of nitrogens with one attached hydrogen (secondary N) is 1. The molecule has 104 valence electrons. The van der Waals surface area contributed by atoms with E-state index in [-0.39, 0.29) is 6.54 Å². The number of carboxylic acid groups (broad SMARTS) is 1. The van der Waals surface area contributed by atoms with E-state index in [1.54, 1.807) is 12.1 Å². The Hall–Kier alpha value is -2.48. The Labute approximate surface area is 115 Å². The summed E-state index contributed by atoms with van der Waals surface area (Å²) in [6.07, 6.45) is 3.27. The highest BCUT2D eigenvalue weighted by Crippen LogP contribution is 2.18. The highest BCUT2D eigenvalue weighted by molar-refractivity contribution is 7.12. The Morgan fingerprint density at radius 1 is 1.45 bits per heavy atom. The van der Waals surface area contributed by atoms with Gasteiger partial charge in [-0.2, -0.15) is 4.39 Å². The highest BCUT2D eigenvalue weighted by Gasteiger charge is 2.06. The molecule has 2 aromatic rings. The number of halogens is 1. The summed E-state index contributed by atoms with van der Waals surface area (Å²) in [5, 5.41) is 8.51. The molecule has 2 aromatic heterocycles. The van der Waals surface area contributed by atoms with E-state index in [2.05, 4.69) is 0 Å². The van der Waals surface area contributed by atoms with Crippen LogP contribution in [-0.2, 0) is 11.3 Å². The van der Waals surface area contributed by atoms with Crippen molar-refractivity contribution in [3.05, 3.63) is 60.8 Å². The van der Waals surface area contributed by atoms with Gasteiger partial charge in [-0.1, -0.05) is 0 Å². The molecule has 20 heavy (non-hydrogen) atoms. The van der Waals surface area contributed by atoms with Crippen molar-refractivity contribution < 1.29 is 14.3 Å². The zero-order valence-corrected chi connectivity index (χ0v) is 10.8. The molecule has 2 rings (SSSR count). The van der Waals surface area contributed by atoms with Crippen LogP contribution in [0.15, 0.2) is 34.0 Å². The third kappa shape index (κ3) is 3.29. The Morgan fingerprint density at radius 2 is 2.20 bits per heavy atom. The van der Waals surface area contributed by atoms with E-state index in [1.807, 2.05) is 4.98 Å². The van der Waals surface area contributed by atoms with E-state index < -0.39 is 23.0 Å². The van der Waals surface area contributed by atoms with Crippen LogP contribution in [0.3, 0.4) is 0 Å². The fourth-order valence-corrected chi connectivity index (χ4v) is 2.41. The minimum Gasteiger partial charge on any atom is -0.478 e. The van der Waals surface area contributed by atoms with E-state index >= 15 is 0 Å². The average Bonchev–Trinajstić information content (AvgIpc) is 2.81. The number of nitrogens with zero attached hydrogens (tertiary/aromatic N) is 1. The lowest BCUT2D eigenvalue weighted by molar-refractivity contribution is -0.131. The first-order valence-electron chi connectivity index (χ1n) is 5.44. The van der Waals surface area contributed by atoms with Crippen LogP contribution in [0.2, 0.25) is 0 Å². The minimum atomic E-state index is -1.06. The van der Waals surface area contributed by atoms with Crippen LogP contribution < -0.4 is 11.2 Å². The number of aromatic amines is 1. The molecule has 0 bridgehead atoms. The summed E-state index contributed by atoms with van der Waals surface area (Å²) in [6.45, 7) is 0.0953. The van der Waals surface area contributed by atoms with Crippen molar-refractivity contribution in [1.29, 1.82) is 0 Å². The lowest BCUT2D eigenvalue weighted by Crippen LogP contribution is -2.31. The summed E-state index contributed by atoms with van der Waals surface area (Å²) >= 11 is 1.26. The van der Waals surface area contributed by atoms with Crippen LogP contribution in [0.25, 0.3) is 6.08 Å². The lowest BCUT2D eigenvalue weighted by atomic mass is 10.4. The molecule has 0 amide bonds. The van der Waals surface area contributed by atoms with Crippen LogP contribution in [0, 0.1) is 5.82 Å². The van der Waals surface area contributed by atoms with Crippen LogP contribution >= 0.6 is 11.3 Å². The Balaban J connectivity index is 2.23. The first kappa shape index (κ1) is 13.9. The van der Waals surface area contributed by atoms with E-state index in [0.29, 0.717) is 4.88 Å². The minimum absolute atomic E-state index is 0.0953. The number of rotatable bonds is 4. The first-order valence-corrected chi connectivity index (χ1v) is 6.26. The number of carboxylic acids is 1. The zero-order chi connectivity index (χ0) is 14.7. The van der Waals surface area contributed by atoms with Crippen molar-refractivity contribution in [2.45, 2.75) is 6.54 Å². The van der Waals surface area contributed by atoms with E-state index in [4.69, 9.17) is 5.11 Å². The fraction of sp³-hybridized carbons (Fsp3) is 0.0833. The number of H-pyrrole nitrogens is 1. The third-order valence-electron chi connectivity index (χ3n) is 2.37. The quantitative estimate of drug-likeness (QED) is 0.819. The maximum Gasteiger partial charge on any atom is 0.328 e. The van der Waals surface area contributed by atoms with Gasteiger partial charge in [-0.3, -0.25) is 14.3 Å². The normalized spacial score (nSPS) is 11.1. The fourth-order valence-electron chi connectivity index (χ4n) is 1.49. The standard InChI is InChI=1S/C12H9FN2O4S/c13-9-6-15(12(19)14-11(9)18)5-8-2-1-7(20-8)3-4-10(16)17/h1-4,6H,5H2,(H,16,17)(H,14,18,19). The van der Waals surface area contributed by atoms with Gasteiger partial charge < -0.3 is 5.11 Å². The van der Waals surface area contributed by atoms with Crippen molar-refractivity contribution in [1.82, 2.24) is 9.55 Å². The van der Waals surface area contributed by atoms with Gasteiger partial charge in [0, 0.05) is 15.8 Å². The second-order valence-corrected chi connectivity index (χ2v) is 5.04. The molecular weight excluding hydrogens is 287 g/mol. The molecule has 0 radical (unpaired) electrons. The molecule has 0 aliphatic rings. The van der Waals surface area contributed by atoms with Gasteiger partial charge in [0.2, 0.25) is 5.82 Å². The molecule has 0 spiro atoms. The van der Waals surface area contributed by atoms with Gasteiger partial charge >= 0.3 is 11.7 Å². The molecule has 0 aliphatic carbocycles. The van der Waals surface area contributed by atoms with Crippen LogP contribution in [-0.4, -0.2) is 20.6 Å². The largest absolute Gasteiger partial charge is 0.478 e. The summed E-state index contributed by atoms with van der Waals surface area (Å²) < 4.78 is 14.1. The SMILES string of the molecule is O=C(O)C=Cc1ccc(Cn2cc(F)c(=O)[nH]c2=O)s1.